The molecular formula is C21H18F10O6. The Hall–Kier alpha value is -2.82. The lowest BCUT2D eigenvalue weighted by Gasteiger charge is -2.47. The van der Waals surface area contributed by atoms with Crippen LogP contribution in [-0.4, -0.2) is 54.8 Å². The maximum absolute atomic E-state index is 15.3. The highest BCUT2D eigenvalue weighted by molar-refractivity contribution is 5.56. The lowest BCUT2D eigenvalue weighted by Crippen LogP contribution is -2.68. The third kappa shape index (κ3) is 4.45. The molecule has 6 nitrogen and oxygen atoms in total. The molecule has 0 amide bonds. The predicted octanol–water partition coefficient (Wildman–Crippen LogP) is 3.75. The zero-order valence-electron chi connectivity index (χ0n) is 18.1. The smallest absolute Gasteiger partial charge is 0.454 e. The van der Waals surface area contributed by atoms with Gasteiger partial charge in [0.2, 0.25) is 0 Å². The van der Waals surface area contributed by atoms with Crippen LogP contribution in [0.25, 0.3) is 0 Å². The molecule has 6 N–H and O–H groups in total. The highest BCUT2D eigenvalue weighted by Gasteiger charge is 2.85. The van der Waals surface area contributed by atoms with Crippen molar-refractivity contribution in [3.8, 4) is 11.5 Å². The first-order valence-electron chi connectivity index (χ1n) is 9.83. The fourth-order valence-electron chi connectivity index (χ4n) is 3.95. The Labute approximate surface area is 200 Å². The van der Waals surface area contributed by atoms with Crippen molar-refractivity contribution < 1.29 is 74.5 Å². The first kappa shape index (κ1) is 30.4. The van der Waals surface area contributed by atoms with E-state index in [1.165, 1.54) is 0 Å². The normalized spacial score (nSPS) is 13.8. The second kappa shape index (κ2) is 9.81. The van der Waals surface area contributed by atoms with Crippen LogP contribution in [0, 0.1) is 0 Å². The molecule has 0 aliphatic heterocycles. The summed E-state index contributed by atoms with van der Waals surface area (Å²) in [6.45, 7) is -5.84. The van der Waals surface area contributed by atoms with E-state index >= 15 is 17.6 Å². The van der Waals surface area contributed by atoms with Gasteiger partial charge in [-0.05, 0) is 35.4 Å². The predicted molar refractivity (Wildman–Crippen MR) is 103 cm³/mol. The van der Waals surface area contributed by atoms with Crippen LogP contribution in [0.1, 0.15) is 33.4 Å². The molecule has 2 aromatic carbocycles. The van der Waals surface area contributed by atoms with Gasteiger partial charge in [0.15, 0.2) is 5.41 Å². The van der Waals surface area contributed by atoms with Crippen LogP contribution >= 0.6 is 0 Å². The monoisotopic (exact) mass is 556 g/mol. The number of aromatic hydroxyl groups is 2. The first-order chi connectivity index (χ1) is 16.8. The fraction of sp³-hybridized carbons (Fsp3) is 0.429. The Morgan fingerprint density at radius 1 is 0.459 bits per heavy atom. The topological polar surface area (TPSA) is 121 Å². The molecule has 0 saturated carbocycles. The Kier molecular flexibility index (Phi) is 8.06. The molecule has 0 spiro atoms. The Bertz CT molecular complexity index is 1000. The Morgan fingerprint density at radius 3 is 0.838 bits per heavy atom. The van der Waals surface area contributed by atoms with E-state index in [-0.39, 0.29) is 24.3 Å². The molecule has 0 heterocycles. The van der Waals surface area contributed by atoms with E-state index in [0.717, 1.165) is 0 Å². The number of phenols is 2. The number of rotatable bonds is 8. The molecule has 16 heteroatoms. The van der Waals surface area contributed by atoms with Gasteiger partial charge in [0.1, 0.15) is 11.5 Å². The summed E-state index contributed by atoms with van der Waals surface area (Å²) in [6, 6.07) is -0.619. The number of hydrogen-bond donors (Lipinski definition) is 6. The Morgan fingerprint density at radius 2 is 0.676 bits per heavy atom. The van der Waals surface area contributed by atoms with Crippen molar-refractivity contribution in [3.05, 3.63) is 57.6 Å². The molecule has 0 radical (unpaired) electrons. The highest BCUT2D eigenvalue weighted by atomic mass is 19.4. The van der Waals surface area contributed by atoms with Crippen molar-refractivity contribution in [3.63, 3.8) is 0 Å². The van der Waals surface area contributed by atoms with Crippen molar-refractivity contribution in [2.75, 3.05) is 0 Å². The van der Waals surface area contributed by atoms with Crippen LogP contribution in [0.2, 0.25) is 0 Å². The number of aliphatic hydroxyl groups excluding tert-OH is 4. The van der Waals surface area contributed by atoms with E-state index < -0.39 is 101 Å². The quantitative estimate of drug-likeness (QED) is 0.276. The second-order valence-corrected chi connectivity index (χ2v) is 7.81. The Balaban J connectivity index is 3.41. The van der Waals surface area contributed by atoms with Crippen LogP contribution < -0.4 is 0 Å². The third-order valence-corrected chi connectivity index (χ3v) is 5.74. The number of benzene rings is 2. The lowest BCUT2D eigenvalue weighted by atomic mass is 9.63. The van der Waals surface area contributed by atoms with E-state index in [2.05, 4.69) is 0 Å². The summed E-state index contributed by atoms with van der Waals surface area (Å²) in [4.78, 5) is 0. The largest absolute Gasteiger partial charge is 0.507 e. The van der Waals surface area contributed by atoms with Gasteiger partial charge in [-0.1, -0.05) is 0 Å². The van der Waals surface area contributed by atoms with E-state index in [1.54, 1.807) is 0 Å². The van der Waals surface area contributed by atoms with Crippen LogP contribution in [-0.2, 0) is 31.8 Å². The van der Waals surface area contributed by atoms with Gasteiger partial charge >= 0.3 is 24.2 Å². The summed E-state index contributed by atoms with van der Waals surface area (Å²) in [5.41, 5.74) is -14.5. The van der Waals surface area contributed by atoms with Gasteiger partial charge in [-0.2, -0.15) is 43.9 Å². The van der Waals surface area contributed by atoms with Gasteiger partial charge in [-0.15, -0.1) is 0 Å². The first-order valence-corrected chi connectivity index (χ1v) is 9.83. The fourth-order valence-corrected chi connectivity index (χ4v) is 3.95. The second-order valence-electron chi connectivity index (χ2n) is 7.81. The molecule has 0 saturated heterocycles. The van der Waals surface area contributed by atoms with Crippen molar-refractivity contribution >= 4 is 0 Å². The van der Waals surface area contributed by atoms with E-state index in [4.69, 9.17) is 0 Å². The third-order valence-electron chi connectivity index (χ3n) is 5.74. The number of aliphatic hydroxyl groups is 4. The summed E-state index contributed by atoms with van der Waals surface area (Å²) in [6.07, 6.45) is -14.2. The van der Waals surface area contributed by atoms with Gasteiger partial charge in [-0.25, -0.2) is 0 Å². The summed E-state index contributed by atoms with van der Waals surface area (Å²) in [7, 11) is 0. The summed E-state index contributed by atoms with van der Waals surface area (Å²) in [5.74, 6) is -16.4. The average molecular weight is 556 g/mol. The van der Waals surface area contributed by atoms with Crippen LogP contribution in [0.15, 0.2) is 24.3 Å². The zero-order chi connectivity index (χ0) is 28.8. The van der Waals surface area contributed by atoms with Crippen LogP contribution in [0.5, 0.6) is 11.5 Å². The molecule has 0 aromatic heterocycles. The molecule has 0 fully saturated rings. The molecule has 2 aromatic rings. The maximum atomic E-state index is 15.3. The number of halogens is 10. The minimum absolute atomic E-state index is 0.155. The lowest BCUT2D eigenvalue weighted by molar-refractivity contribution is -0.375. The van der Waals surface area contributed by atoms with Crippen molar-refractivity contribution in [2.45, 2.75) is 56.0 Å². The van der Waals surface area contributed by atoms with E-state index in [0.29, 0.717) is 0 Å². The molecule has 208 valence electrons. The van der Waals surface area contributed by atoms with E-state index in [1.807, 2.05) is 0 Å². The maximum Gasteiger partial charge on any atom is 0.454 e. The molecule has 0 atom stereocenters. The van der Waals surface area contributed by atoms with Gasteiger partial charge in [0, 0.05) is 22.3 Å². The molecular weight excluding hydrogens is 538 g/mol. The van der Waals surface area contributed by atoms with Crippen LogP contribution in [0.4, 0.5) is 43.9 Å². The van der Waals surface area contributed by atoms with Gasteiger partial charge < -0.3 is 30.6 Å². The SMILES string of the molecule is OCc1cc(C(c2cc(CO)c(O)c(CO)c2)(C(F)(F)C(F)(F)F)C(F)(F)C(F)(F)F)cc(CO)c1O. The molecule has 2 rings (SSSR count). The molecule has 0 aliphatic rings. The molecule has 0 bridgehead atoms. The van der Waals surface area contributed by atoms with Gasteiger partial charge in [0.05, 0.1) is 26.4 Å². The number of hydrogen-bond acceptors (Lipinski definition) is 6. The molecule has 0 aliphatic carbocycles. The molecule has 0 unspecified atom stereocenters. The van der Waals surface area contributed by atoms with Crippen molar-refractivity contribution in [2.24, 2.45) is 0 Å². The van der Waals surface area contributed by atoms with Crippen molar-refractivity contribution in [1.29, 1.82) is 0 Å². The highest BCUT2D eigenvalue weighted by Crippen LogP contribution is 2.64. The minimum atomic E-state index is -7.12. The van der Waals surface area contributed by atoms with Crippen molar-refractivity contribution in [1.82, 2.24) is 0 Å². The van der Waals surface area contributed by atoms with Gasteiger partial charge in [0.25, 0.3) is 0 Å². The summed E-state index contributed by atoms with van der Waals surface area (Å²) >= 11 is 0. The summed E-state index contributed by atoms with van der Waals surface area (Å²) < 4.78 is 144. The van der Waals surface area contributed by atoms with E-state index in [9.17, 15) is 57.0 Å². The number of alkyl halides is 10. The summed E-state index contributed by atoms with van der Waals surface area (Å²) in [5, 5.41) is 57.3. The zero-order valence-corrected chi connectivity index (χ0v) is 18.1. The van der Waals surface area contributed by atoms with Gasteiger partial charge in [-0.3, -0.25) is 0 Å². The van der Waals surface area contributed by atoms with Crippen LogP contribution in [0.3, 0.4) is 0 Å². The average Bonchev–Trinajstić information content (AvgIpc) is 2.79. The standard InChI is InChI=1S/C21H18F10O6/c22-18(23,20(26,27)28)17(19(24,25)21(29,30)31,13-1-9(5-32)15(36)10(2-13)6-33)14-3-11(7-34)16(37)12(4-14)8-35/h1-4,32-37H,5-8H2. The minimum Gasteiger partial charge on any atom is -0.507 e. The molecule has 37 heavy (non-hydrogen) atoms.